The number of ketones is 1. The number of esters is 1. The number of fused-ring (bicyclic) bond motifs is 1. The third-order valence-electron chi connectivity index (χ3n) is 5.80. The van der Waals surface area contributed by atoms with Crippen LogP contribution in [0, 0.1) is 13.8 Å². The number of hydrogen-bond acceptors (Lipinski definition) is 7. The number of nitrogens with zero attached hydrogens (tertiary/aromatic N) is 3. The summed E-state index contributed by atoms with van der Waals surface area (Å²) < 4.78 is 17.4. The average molecular weight is 458 g/mol. The van der Waals surface area contributed by atoms with Gasteiger partial charge in [-0.2, -0.15) is 0 Å². The van der Waals surface area contributed by atoms with E-state index in [1.54, 1.807) is 36.6 Å². The van der Waals surface area contributed by atoms with E-state index in [1.807, 2.05) is 25.9 Å². The number of Topliss-reactive ketones (excluding diaryl/α,β-unsaturated/α-hetero) is 1. The molecule has 9 nitrogen and oxygen atoms in total. The zero-order valence-corrected chi connectivity index (χ0v) is 20.1. The lowest BCUT2D eigenvalue weighted by atomic mass is 10.0. The maximum Gasteiger partial charge on any atom is 0.354 e. The predicted molar refractivity (Wildman–Crippen MR) is 122 cm³/mol. The van der Waals surface area contributed by atoms with Gasteiger partial charge in [-0.3, -0.25) is 9.59 Å². The topological polar surface area (TPSA) is 90.3 Å². The largest absolute Gasteiger partial charge is 0.464 e. The van der Waals surface area contributed by atoms with Crippen LogP contribution in [0.3, 0.4) is 0 Å². The van der Waals surface area contributed by atoms with E-state index in [1.165, 1.54) is 12.0 Å². The number of ether oxygens (including phenoxy) is 3. The van der Waals surface area contributed by atoms with E-state index < -0.39 is 5.97 Å². The quantitative estimate of drug-likeness (QED) is 0.422. The lowest BCUT2D eigenvalue weighted by Gasteiger charge is -2.24. The lowest BCUT2D eigenvalue weighted by Crippen LogP contribution is -2.40. The van der Waals surface area contributed by atoms with Crippen LogP contribution in [-0.4, -0.2) is 79.7 Å². The molecule has 1 aromatic carbocycles. The van der Waals surface area contributed by atoms with E-state index in [0.29, 0.717) is 59.2 Å². The first-order valence-corrected chi connectivity index (χ1v) is 10.8. The van der Waals surface area contributed by atoms with Crippen molar-refractivity contribution < 1.29 is 28.6 Å². The van der Waals surface area contributed by atoms with Gasteiger partial charge in [-0.1, -0.05) is 0 Å². The number of benzene rings is 1. The number of hydrogen-bond donors (Lipinski definition) is 0. The summed E-state index contributed by atoms with van der Waals surface area (Å²) in [4.78, 5) is 42.6. The monoisotopic (exact) mass is 457 g/mol. The minimum Gasteiger partial charge on any atom is -0.464 e. The van der Waals surface area contributed by atoms with Crippen LogP contribution in [0.1, 0.15) is 49.4 Å². The van der Waals surface area contributed by atoms with Crippen LogP contribution < -0.4 is 9.47 Å². The molecule has 9 heteroatoms. The molecule has 0 radical (unpaired) electrons. The molecule has 0 unspecified atom stereocenters. The molecule has 0 atom stereocenters. The number of likely N-dealkylation sites (N-methyl/N-ethyl adjacent to an activating group) is 1. The fraction of sp³-hybridized carbons (Fsp3) is 0.458. The first-order chi connectivity index (χ1) is 15.7. The number of amides is 1. The van der Waals surface area contributed by atoms with Crippen molar-refractivity contribution in [3.8, 4) is 11.5 Å². The fourth-order valence-electron chi connectivity index (χ4n) is 4.10. The zero-order chi connectivity index (χ0) is 24.3. The molecule has 0 N–H and O–H groups in total. The first-order valence-electron chi connectivity index (χ1n) is 10.8. The van der Waals surface area contributed by atoms with Crippen molar-refractivity contribution in [3.63, 3.8) is 0 Å². The highest BCUT2D eigenvalue weighted by Crippen LogP contribution is 2.33. The third-order valence-corrected chi connectivity index (χ3v) is 5.80. The highest BCUT2D eigenvalue weighted by atomic mass is 16.7. The predicted octanol–water partition coefficient (Wildman–Crippen LogP) is 2.53. The number of aromatic nitrogens is 1. The molecule has 0 saturated heterocycles. The van der Waals surface area contributed by atoms with E-state index in [0.717, 1.165) is 0 Å². The third kappa shape index (κ3) is 4.88. The Balaban J connectivity index is 1.92. The van der Waals surface area contributed by atoms with E-state index in [2.05, 4.69) is 0 Å². The van der Waals surface area contributed by atoms with Gasteiger partial charge >= 0.3 is 5.97 Å². The van der Waals surface area contributed by atoms with Crippen molar-refractivity contribution in [2.45, 2.75) is 27.3 Å². The van der Waals surface area contributed by atoms with E-state index in [9.17, 15) is 14.4 Å². The fourth-order valence-corrected chi connectivity index (χ4v) is 4.10. The number of carbonyl (C=O) groups excluding carboxylic acids is 3. The van der Waals surface area contributed by atoms with Gasteiger partial charge in [-0.05, 0) is 58.6 Å². The Morgan fingerprint density at radius 3 is 2.42 bits per heavy atom. The van der Waals surface area contributed by atoms with Gasteiger partial charge in [0.25, 0.3) is 5.91 Å². The van der Waals surface area contributed by atoms with Crippen molar-refractivity contribution >= 4 is 17.7 Å². The van der Waals surface area contributed by atoms with Gasteiger partial charge in [-0.25, -0.2) is 4.79 Å². The summed E-state index contributed by atoms with van der Waals surface area (Å²) in [5, 5.41) is 0. The van der Waals surface area contributed by atoms with Gasteiger partial charge in [0.05, 0.1) is 13.7 Å². The SMILES string of the molecule is CCn1c(C)c(C(=O)CN(CCN(C)C)C(=O)c2ccc3c(c2)OCO3)c(C)c1C(=O)OC. The summed E-state index contributed by atoms with van der Waals surface area (Å²) in [6.45, 7) is 6.92. The maximum atomic E-state index is 13.4. The summed E-state index contributed by atoms with van der Waals surface area (Å²) in [6.07, 6.45) is 0. The van der Waals surface area contributed by atoms with E-state index in [4.69, 9.17) is 14.2 Å². The molecule has 2 aromatic rings. The molecular weight excluding hydrogens is 426 g/mol. The van der Waals surface area contributed by atoms with Gasteiger partial charge in [0.1, 0.15) is 5.69 Å². The first kappa shape index (κ1) is 24.3. The molecule has 1 aliphatic heterocycles. The highest BCUT2D eigenvalue weighted by molar-refractivity contribution is 6.06. The Morgan fingerprint density at radius 1 is 1.09 bits per heavy atom. The minimum atomic E-state index is -0.489. The lowest BCUT2D eigenvalue weighted by molar-refractivity contribution is 0.0587. The van der Waals surface area contributed by atoms with Crippen LogP contribution in [-0.2, 0) is 11.3 Å². The molecule has 0 fully saturated rings. The highest BCUT2D eigenvalue weighted by Gasteiger charge is 2.29. The second kappa shape index (κ2) is 10.1. The molecule has 33 heavy (non-hydrogen) atoms. The Kier molecular flexibility index (Phi) is 7.43. The molecule has 2 heterocycles. The minimum absolute atomic E-state index is 0.114. The molecule has 1 aliphatic rings. The molecule has 0 bridgehead atoms. The van der Waals surface area contributed by atoms with Crippen LogP contribution >= 0.6 is 0 Å². The van der Waals surface area contributed by atoms with E-state index >= 15 is 0 Å². The van der Waals surface area contributed by atoms with Crippen molar-refractivity contribution in [2.75, 3.05) is 47.6 Å². The van der Waals surface area contributed by atoms with Gasteiger partial charge in [0.2, 0.25) is 6.79 Å². The van der Waals surface area contributed by atoms with Gasteiger partial charge in [0.15, 0.2) is 17.3 Å². The second-order valence-corrected chi connectivity index (χ2v) is 8.19. The summed E-state index contributed by atoms with van der Waals surface area (Å²) in [6, 6.07) is 5.00. The smallest absolute Gasteiger partial charge is 0.354 e. The van der Waals surface area contributed by atoms with Crippen LogP contribution in [0.5, 0.6) is 11.5 Å². The molecule has 0 spiro atoms. The number of carbonyl (C=O) groups is 3. The van der Waals surface area contributed by atoms with Crippen LogP contribution in [0.15, 0.2) is 18.2 Å². The van der Waals surface area contributed by atoms with Gasteiger partial charge in [0, 0.05) is 36.5 Å². The Morgan fingerprint density at radius 2 is 1.79 bits per heavy atom. The number of rotatable bonds is 9. The summed E-state index contributed by atoms with van der Waals surface area (Å²) >= 11 is 0. The zero-order valence-electron chi connectivity index (χ0n) is 20.1. The van der Waals surface area contributed by atoms with Crippen molar-refractivity contribution in [2.24, 2.45) is 0 Å². The average Bonchev–Trinajstić information content (AvgIpc) is 3.36. The maximum absolute atomic E-state index is 13.4. The Hall–Kier alpha value is -3.33. The summed E-state index contributed by atoms with van der Waals surface area (Å²) in [7, 11) is 5.13. The number of methoxy groups -OCH3 is 1. The molecule has 1 amide bonds. The van der Waals surface area contributed by atoms with Crippen LogP contribution in [0.2, 0.25) is 0 Å². The van der Waals surface area contributed by atoms with Crippen LogP contribution in [0.4, 0.5) is 0 Å². The van der Waals surface area contributed by atoms with E-state index in [-0.39, 0.29) is 25.0 Å². The molecule has 178 valence electrons. The molecular formula is C24H31N3O6. The Bertz CT molecular complexity index is 1070. The second-order valence-electron chi connectivity index (χ2n) is 8.19. The van der Waals surface area contributed by atoms with Crippen molar-refractivity contribution in [1.82, 2.24) is 14.4 Å². The molecule has 0 saturated carbocycles. The van der Waals surface area contributed by atoms with Crippen LogP contribution in [0.25, 0.3) is 0 Å². The standard InChI is InChI=1S/C24H31N3O6/c1-7-27-16(3)21(15(2)22(27)24(30)31-6)18(28)13-26(11-10-25(4)5)23(29)17-8-9-19-20(12-17)33-14-32-19/h8-9,12H,7,10-11,13-14H2,1-6H3. The van der Waals surface area contributed by atoms with Crippen molar-refractivity contribution in [1.29, 1.82) is 0 Å². The van der Waals surface area contributed by atoms with Gasteiger partial charge in [-0.15, -0.1) is 0 Å². The van der Waals surface area contributed by atoms with Gasteiger partial charge < -0.3 is 28.6 Å². The molecule has 1 aromatic heterocycles. The Labute approximate surface area is 193 Å². The molecule has 0 aliphatic carbocycles. The molecule has 3 rings (SSSR count). The summed E-state index contributed by atoms with van der Waals surface area (Å²) in [5.74, 6) is 0.105. The summed E-state index contributed by atoms with van der Waals surface area (Å²) in [5.41, 5.74) is 2.48. The van der Waals surface area contributed by atoms with Crippen molar-refractivity contribution in [3.05, 3.63) is 46.3 Å². The normalized spacial score (nSPS) is 12.2.